The van der Waals surface area contributed by atoms with E-state index in [1.165, 1.54) is 56.6 Å². The lowest BCUT2D eigenvalue weighted by molar-refractivity contribution is -0.120. The third-order valence-corrected chi connectivity index (χ3v) is 5.75. The molecule has 3 amide bonds. The molecule has 0 aromatic heterocycles. The number of carbonyl (C=O) groups is 3. The van der Waals surface area contributed by atoms with E-state index in [1.807, 2.05) is 0 Å². The Bertz CT molecular complexity index is 1090. The number of nitrogens with one attached hydrogen (secondary N) is 3. The van der Waals surface area contributed by atoms with Crippen LogP contribution < -0.4 is 20.9 Å². The molecule has 2 aromatic rings. The third kappa shape index (κ3) is 6.72. The molecule has 0 aliphatic heterocycles. The number of hydrogen-bond donors (Lipinski definition) is 3. The monoisotopic (exact) mass is 470 g/mol. The molecule has 2 rings (SSSR count). The van der Waals surface area contributed by atoms with Crippen LogP contribution in [0.3, 0.4) is 0 Å². The quantitative estimate of drug-likeness (QED) is 0.487. The largest absolute Gasteiger partial charge is 0.435 e. The highest BCUT2D eigenvalue weighted by Gasteiger charge is 2.19. The van der Waals surface area contributed by atoms with Crippen LogP contribution in [0.15, 0.2) is 53.4 Å². The summed E-state index contributed by atoms with van der Waals surface area (Å²) in [4.78, 5) is 35.9. The minimum atomic E-state index is -3.74. The fraction of sp³-hybridized carbons (Fsp3) is 0.211. The molecule has 0 saturated heterocycles. The second-order valence-electron chi connectivity index (χ2n) is 6.40. The van der Waals surface area contributed by atoms with Gasteiger partial charge in [-0.25, -0.2) is 12.7 Å². The van der Waals surface area contributed by atoms with E-state index in [4.69, 9.17) is 0 Å². The van der Waals surface area contributed by atoms with Crippen LogP contribution in [0.25, 0.3) is 0 Å². The maximum atomic E-state index is 12.2. The third-order valence-electron chi connectivity index (χ3n) is 3.94. The number of amides is 3. The van der Waals surface area contributed by atoms with E-state index in [-0.39, 0.29) is 21.8 Å². The van der Waals surface area contributed by atoms with E-state index in [2.05, 4.69) is 20.9 Å². The molecule has 3 N–H and O–H groups in total. The normalized spacial score (nSPS) is 11.2. The second-order valence-corrected chi connectivity index (χ2v) is 8.55. The molecule has 0 heterocycles. The van der Waals surface area contributed by atoms with E-state index in [0.717, 1.165) is 10.4 Å². The average Bonchev–Trinajstić information content (AvgIpc) is 2.75. The van der Waals surface area contributed by atoms with Gasteiger partial charge in [0, 0.05) is 25.2 Å². The van der Waals surface area contributed by atoms with Gasteiger partial charge in [0.1, 0.15) is 5.75 Å². The van der Waals surface area contributed by atoms with Gasteiger partial charge in [0.05, 0.1) is 11.4 Å². The molecule has 2 aromatic carbocycles. The van der Waals surface area contributed by atoms with Crippen molar-refractivity contribution in [2.75, 3.05) is 20.6 Å². The number of sulfonamides is 1. The van der Waals surface area contributed by atoms with Crippen LogP contribution in [0.2, 0.25) is 0 Å². The predicted molar refractivity (Wildman–Crippen MR) is 108 cm³/mol. The summed E-state index contributed by atoms with van der Waals surface area (Å²) in [5.74, 6) is -2.31. The Morgan fingerprint density at radius 2 is 1.62 bits per heavy atom. The van der Waals surface area contributed by atoms with Crippen LogP contribution in [-0.4, -0.2) is 57.7 Å². The van der Waals surface area contributed by atoms with Gasteiger partial charge >= 0.3 is 6.61 Å². The van der Waals surface area contributed by atoms with Gasteiger partial charge < -0.3 is 10.1 Å². The molecule has 0 radical (unpaired) electrons. The zero-order chi connectivity index (χ0) is 23.9. The molecule has 0 fully saturated rings. The minimum absolute atomic E-state index is 0.0108. The molecule has 13 heteroatoms. The molecular formula is C19H20F2N4O6S. The van der Waals surface area contributed by atoms with Crippen LogP contribution in [0.1, 0.15) is 20.7 Å². The zero-order valence-electron chi connectivity index (χ0n) is 17.0. The van der Waals surface area contributed by atoms with Gasteiger partial charge in [-0.2, -0.15) is 8.78 Å². The van der Waals surface area contributed by atoms with E-state index in [9.17, 15) is 31.6 Å². The Labute approximate surface area is 182 Å². The van der Waals surface area contributed by atoms with Crippen molar-refractivity contribution in [2.24, 2.45) is 0 Å². The first kappa shape index (κ1) is 24.7. The summed E-state index contributed by atoms with van der Waals surface area (Å²) in [5, 5.41) is 2.29. The van der Waals surface area contributed by atoms with Gasteiger partial charge in [0.2, 0.25) is 10.0 Å². The first-order valence-corrected chi connectivity index (χ1v) is 10.4. The summed E-state index contributed by atoms with van der Waals surface area (Å²) in [5.41, 5.74) is 4.28. The lowest BCUT2D eigenvalue weighted by atomic mass is 10.2. The SMILES string of the molecule is CN(C)S(=O)(=O)c1cccc(C(=O)NNC(=O)CNC(=O)c2ccc(OC(F)F)cc2)c1. The maximum absolute atomic E-state index is 12.2. The Hall–Kier alpha value is -3.58. The molecule has 10 nitrogen and oxygen atoms in total. The van der Waals surface area contributed by atoms with Crippen molar-refractivity contribution in [3.05, 3.63) is 59.7 Å². The summed E-state index contributed by atoms with van der Waals surface area (Å²) < 4.78 is 53.7. The number of nitrogens with zero attached hydrogens (tertiary/aromatic N) is 1. The fourth-order valence-electron chi connectivity index (χ4n) is 2.30. The highest BCUT2D eigenvalue weighted by Crippen LogP contribution is 2.15. The standard InChI is InChI=1S/C19H20F2N4O6S/c1-25(2)32(29,30)15-5-3-4-13(10-15)18(28)24-23-16(26)11-22-17(27)12-6-8-14(9-7-12)31-19(20)21/h3-10,19H,11H2,1-2H3,(H,22,27)(H,23,26)(H,24,28). The molecule has 0 spiro atoms. The molecular weight excluding hydrogens is 450 g/mol. The van der Waals surface area contributed by atoms with Crippen LogP contribution >= 0.6 is 0 Å². The minimum Gasteiger partial charge on any atom is -0.435 e. The number of alkyl halides is 2. The Balaban J connectivity index is 1.86. The Morgan fingerprint density at radius 3 is 2.22 bits per heavy atom. The van der Waals surface area contributed by atoms with Crippen molar-refractivity contribution in [3.8, 4) is 5.75 Å². The van der Waals surface area contributed by atoms with Crippen molar-refractivity contribution in [1.82, 2.24) is 20.5 Å². The molecule has 0 unspecified atom stereocenters. The maximum Gasteiger partial charge on any atom is 0.387 e. The number of hydrazine groups is 1. The van der Waals surface area contributed by atoms with Gasteiger partial charge in [-0.05, 0) is 42.5 Å². The second kappa shape index (κ2) is 10.6. The summed E-state index contributed by atoms with van der Waals surface area (Å²) in [6, 6.07) is 10.0. The van der Waals surface area contributed by atoms with E-state index >= 15 is 0 Å². The highest BCUT2D eigenvalue weighted by molar-refractivity contribution is 7.89. The number of rotatable bonds is 8. The molecule has 0 bridgehead atoms. The number of carbonyl (C=O) groups excluding carboxylic acids is 3. The van der Waals surface area contributed by atoms with Crippen molar-refractivity contribution in [1.29, 1.82) is 0 Å². The number of hydrogen-bond acceptors (Lipinski definition) is 6. The number of benzene rings is 2. The molecule has 32 heavy (non-hydrogen) atoms. The van der Waals surface area contributed by atoms with E-state index in [0.29, 0.717) is 0 Å². The van der Waals surface area contributed by atoms with Crippen molar-refractivity contribution >= 4 is 27.7 Å². The Morgan fingerprint density at radius 1 is 0.969 bits per heavy atom. The smallest absolute Gasteiger partial charge is 0.387 e. The van der Waals surface area contributed by atoms with Crippen LogP contribution in [0, 0.1) is 0 Å². The van der Waals surface area contributed by atoms with Crippen molar-refractivity contribution < 1.29 is 36.3 Å². The summed E-state index contributed by atoms with van der Waals surface area (Å²) in [6.07, 6.45) is 0. The van der Waals surface area contributed by atoms with Gasteiger partial charge in [0.25, 0.3) is 17.7 Å². The molecule has 0 atom stereocenters. The predicted octanol–water partition coefficient (Wildman–Crippen LogP) is 0.729. The topological polar surface area (TPSA) is 134 Å². The van der Waals surface area contributed by atoms with Crippen molar-refractivity contribution in [3.63, 3.8) is 0 Å². The van der Waals surface area contributed by atoms with Crippen LogP contribution in [0.5, 0.6) is 5.75 Å². The van der Waals surface area contributed by atoms with Gasteiger partial charge in [-0.15, -0.1) is 0 Å². The van der Waals surface area contributed by atoms with Gasteiger partial charge in [0.15, 0.2) is 0 Å². The average molecular weight is 470 g/mol. The first-order chi connectivity index (χ1) is 15.0. The Kier molecular flexibility index (Phi) is 8.21. The van der Waals surface area contributed by atoms with Gasteiger partial charge in [-0.3, -0.25) is 25.2 Å². The van der Waals surface area contributed by atoms with Crippen LogP contribution in [-0.2, 0) is 14.8 Å². The fourth-order valence-corrected chi connectivity index (χ4v) is 3.25. The first-order valence-electron chi connectivity index (χ1n) is 8.95. The van der Waals surface area contributed by atoms with Crippen LogP contribution in [0.4, 0.5) is 8.78 Å². The molecule has 0 aliphatic carbocycles. The summed E-state index contributed by atoms with van der Waals surface area (Å²) in [6.45, 7) is -3.49. The molecule has 172 valence electrons. The summed E-state index contributed by atoms with van der Waals surface area (Å²) in [7, 11) is -1.05. The number of halogens is 2. The lowest BCUT2D eigenvalue weighted by Gasteiger charge is -2.12. The highest BCUT2D eigenvalue weighted by atomic mass is 32.2. The van der Waals surface area contributed by atoms with E-state index < -0.39 is 40.9 Å². The van der Waals surface area contributed by atoms with Gasteiger partial charge in [-0.1, -0.05) is 6.07 Å². The lowest BCUT2D eigenvalue weighted by Crippen LogP contribution is -2.46. The number of ether oxygens (including phenoxy) is 1. The zero-order valence-corrected chi connectivity index (χ0v) is 17.8. The van der Waals surface area contributed by atoms with Crippen molar-refractivity contribution in [2.45, 2.75) is 11.5 Å². The van der Waals surface area contributed by atoms with E-state index in [1.54, 1.807) is 0 Å². The molecule has 0 saturated carbocycles. The summed E-state index contributed by atoms with van der Waals surface area (Å²) >= 11 is 0. The molecule has 0 aliphatic rings.